The normalized spacial score (nSPS) is 13.0. The van der Waals surface area contributed by atoms with E-state index in [1.54, 1.807) is 0 Å². The van der Waals surface area contributed by atoms with Crippen LogP contribution < -0.4 is 0 Å². The standard InChI is InChI=1S/C51H98O6/c1-6-11-15-17-20-24-30-37-47(38-31-25-23-28-35-41-49(52)55-44-46(10-5)36-14-9-4)45-56-50(53)42-34-27-22-19-18-21-26-33-40-48(39-32-16-12-7-2)57-51(54)43-29-13-8-3/h46-48H,6-45H2,1-5H3. The van der Waals surface area contributed by atoms with Crippen molar-refractivity contribution in [2.45, 2.75) is 285 Å². The third-order valence-electron chi connectivity index (χ3n) is 12.0. The largest absolute Gasteiger partial charge is 0.465 e. The zero-order valence-electron chi connectivity index (χ0n) is 39.0. The highest BCUT2D eigenvalue weighted by atomic mass is 16.5. The topological polar surface area (TPSA) is 78.9 Å². The molecule has 0 amide bonds. The Hall–Kier alpha value is -1.59. The molecule has 0 saturated heterocycles. The molecule has 3 atom stereocenters. The molecule has 57 heavy (non-hydrogen) atoms. The fourth-order valence-electron chi connectivity index (χ4n) is 7.92. The second-order valence-corrected chi connectivity index (χ2v) is 17.7. The lowest BCUT2D eigenvalue weighted by molar-refractivity contribution is -0.150. The summed E-state index contributed by atoms with van der Waals surface area (Å²) in [7, 11) is 0. The number of unbranched alkanes of at least 4 members (excludes halogenated alkanes) is 23. The molecule has 0 rings (SSSR count). The van der Waals surface area contributed by atoms with Crippen LogP contribution in [0.15, 0.2) is 0 Å². The molecule has 0 aliphatic heterocycles. The van der Waals surface area contributed by atoms with Crippen LogP contribution in [0.25, 0.3) is 0 Å². The van der Waals surface area contributed by atoms with Gasteiger partial charge in [0.05, 0.1) is 13.2 Å². The number of carbonyl (C=O) groups excluding carboxylic acids is 3. The van der Waals surface area contributed by atoms with E-state index in [1.165, 1.54) is 122 Å². The number of rotatable bonds is 45. The highest BCUT2D eigenvalue weighted by Gasteiger charge is 2.15. The minimum atomic E-state index is -0.0280. The summed E-state index contributed by atoms with van der Waals surface area (Å²) in [6.45, 7) is 12.2. The Labute approximate surface area is 355 Å². The summed E-state index contributed by atoms with van der Waals surface area (Å²) in [6, 6.07) is 0. The first-order chi connectivity index (χ1) is 27.9. The summed E-state index contributed by atoms with van der Waals surface area (Å²) in [6.07, 6.45) is 42.7. The van der Waals surface area contributed by atoms with Crippen molar-refractivity contribution < 1.29 is 28.6 Å². The molecule has 6 heteroatoms. The van der Waals surface area contributed by atoms with Crippen molar-refractivity contribution in [2.75, 3.05) is 13.2 Å². The van der Waals surface area contributed by atoms with Crippen LogP contribution in [-0.2, 0) is 28.6 Å². The molecule has 0 aromatic carbocycles. The average Bonchev–Trinajstić information content (AvgIpc) is 3.21. The third-order valence-corrected chi connectivity index (χ3v) is 12.0. The smallest absolute Gasteiger partial charge is 0.306 e. The minimum Gasteiger partial charge on any atom is -0.465 e. The number of esters is 3. The van der Waals surface area contributed by atoms with Crippen molar-refractivity contribution in [3.63, 3.8) is 0 Å². The van der Waals surface area contributed by atoms with Crippen molar-refractivity contribution in [2.24, 2.45) is 11.8 Å². The van der Waals surface area contributed by atoms with Crippen LogP contribution in [0.5, 0.6) is 0 Å². The molecule has 6 nitrogen and oxygen atoms in total. The molecule has 3 unspecified atom stereocenters. The lowest BCUT2D eigenvalue weighted by atomic mass is 9.94. The van der Waals surface area contributed by atoms with E-state index in [9.17, 15) is 14.4 Å². The van der Waals surface area contributed by atoms with Crippen molar-refractivity contribution in [1.29, 1.82) is 0 Å². The summed E-state index contributed by atoms with van der Waals surface area (Å²) in [5.41, 5.74) is 0. The quantitative estimate of drug-likeness (QED) is 0.0346. The second kappa shape index (κ2) is 44.0. The van der Waals surface area contributed by atoms with Gasteiger partial charge in [-0.2, -0.15) is 0 Å². The van der Waals surface area contributed by atoms with Crippen molar-refractivity contribution in [1.82, 2.24) is 0 Å². The van der Waals surface area contributed by atoms with Crippen molar-refractivity contribution in [3.8, 4) is 0 Å². The summed E-state index contributed by atoms with van der Waals surface area (Å²) in [4.78, 5) is 37.2. The van der Waals surface area contributed by atoms with Gasteiger partial charge in [0, 0.05) is 19.3 Å². The van der Waals surface area contributed by atoms with Gasteiger partial charge in [0.25, 0.3) is 0 Å². The molecule has 0 radical (unpaired) electrons. The van der Waals surface area contributed by atoms with Gasteiger partial charge in [0.2, 0.25) is 0 Å². The molecule has 0 aliphatic rings. The maximum atomic E-state index is 12.7. The Balaban J connectivity index is 4.26. The van der Waals surface area contributed by atoms with E-state index in [4.69, 9.17) is 14.2 Å². The van der Waals surface area contributed by atoms with E-state index in [-0.39, 0.29) is 24.0 Å². The predicted octanol–water partition coefficient (Wildman–Crippen LogP) is 16.1. The van der Waals surface area contributed by atoms with Gasteiger partial charge in [-0.25, -0.2) is 0 Å². The van der Waals surface area contributed by atoms with Gasteiger partial charge in [-0.1, -0.05) is 195 Å². The summed E-state index contributed by atoms with van der Waals surface area (Å²) in [5, 5.41) is 0. The van der Waals surface area contributed by atoms with Gasteiger partial charge in [0.15, 0.2) is 0 Å². The SMILES string of the molecule is CCCCCCCCCC(CCCCCCCC(=O)OCC(CC)CCCC)COC(=O)CCCCCCCCCCC(CCCCCC)OC(=O)CCCCC. The zero-order valence-corrected chi connectivity index (χ0v) is 39.0. The average molecular weight is 807 g/mol. The highest BCUT2D eigenvalue weighted by molar-refractivity contribution is 5.70. The van der Waals surface area contributed by atoms with E-state index in [0.29, 0.717) is 44.3 Å². The van der Waals surface area contributed by atoms with Crippen LogP contribution >= 0.6 is 0 Å². The molecule has 0 saturated carbocycles. The van der Waals surface area contributed by atoms with Gasteiger partial charge in [0.1, 0.15) is 6.10 Å². The Morgan fingerprint density at radius 2 is 0.649 bits per heavy atom. The molecular weight excluding hydrogens is 709 g/mol. The molecular formula is C51H98O6. The molecule has 0 bridgehead atoms. The molecule has 0 spiro atoms. The molecule has 0 fully saturated rings. The van der Waals surface area contributed by atoms with Crippen LogP contribution in [0.1, 0.15) is 279 Å². The first-order valence-corrected chi connectivity index (χ1v) is 25.4. The molecule has 0 aliphatic carbocycles. The monoisotopic (exact) mass is 807 g/mol. The summed E-state index contributed by atoms with van der Waals surface area (Å²) < 4.78 is 17.3. The Bertz CT molecular complexity index is 874. The van der Waals surface area contributed by atoms with Gasteiger partial charge >= 0.3 is 17.9 Å². The maximum absolute atomic E-state index is 12.7. The van der Waals surface area contributed by atoms with Crippen LogP contribution in [0.2, 0.25) is 0 Å². The Morgan fingerprint density at radius 3 is 1.11 bits per heavy atom. The van der Waals surface area contributed by atoms with E-state index >= 15 is 0 Å². The first-order valence-electron chi connectivity index (χ1n) is 25.4. The lowest BCUT2D eigenvalue weighted by Crippen LogP contribution is -2.18. The van der Waals surface area contributed by atoms with E-state index in [2.05, 4.69) is 34.6 Å². The molecule has 0 heterocycles. The maximum Gasteiger partial charge on any atom is 0.306 e. The molecule has 0 aromatic heterocycles. The van der Waals surface area contributed by atoms with Crippen LogP contribution in [0.4, 0.5) is 0 Å². The van der Waals surface area contributed by atoms with Crippen LogP contribution in [0.3, 0.4) is 0 Å². The van der Waals surface area contributed by atoms with E-state index < -0.39 is 0 Å². The van der Waals surface area contributed by atoms with Gasteiger partial charge in [-0.3, -0.25) is 14.4 Å². The minimum absolute atomic E-state index is 0.00389. The molecule has 0 N–H and O–H groups in total. The summed E-state index contributed by atoms with van der Waals surface area (Å²) >= 11 is 0. The van der Waals surface area contributed by atoms with Crippen LogP contribution in [0, 0.1) is 11.8 Å². The fraction of sp³-hybridized carbons (Fsp3) is 0.941. The predicted molar refractivity (Wildman–Crippen MR) is 243 cm³/mol. The number of hydrogen-bond acceptors (Lipinski definition) is 6. The zero-order chi connectivity index (χ0) is 41.9. The lowest BCUT2D eigenvalue weighted by Gasteiger charge is -2.18. The fourth-order valence-corrected chi connectivity index (χ4v) is 7.92. The van der Waals surface area contributed by atoms with Crippen LogP contribution in [-0.4, -0.2) is 37.2 Å². The van der Waals surface area contributed by atoms with Gasteiger partial charge in [-0.05, 0) is 76.0 Å². The Morgan fingerprint density at radius 1 is 0.333 bits per heavy atom. The first kappa shape index (κ1) is 55.4. The Kier molecular flexibility index (Phi) is 42.7. The van der Waals surface area contributed by atoms with E-state index in [1.807, 2.05) is 0 Å². The van der Waals surface area contributed by atoms with Crippen molar-refractivity contribution >= 4 is 17.9 Å². The summed E-state index contributed by atoms with van der Waals surface area (Å²) in [5.74, 6) is 0.934. The number of carbonyl (C=O) groups is 3. The van der Waals surface area contributed by atoms with Crippen molar-refractivity contribution in [3.05, 3.63) is 0 Å². The second-order valence-electron chi connectivity index (χ2n) is 17.7. The molecule has 0 aromatic rings. The van der Waals surface area contributed by atoms with Gasteiger partial charge in [-0.15, -0.1) is 0 Å². The number of ether oxygens (including phenoxy) is 3. The van der Waals surface area contributed by atoms with E-state index in [0.717, 1.165) is 103 Å². The third kappa shape index (κ3) is 39.6. The number of hydrogen-bond donors (Lipinski definition) is 0. The highest BCUT2D eigenvalue weighted by Crippen LogP contribution is 2.22. The van der Waals surface area contributed by atoms with Gasteiger partial charge < -0.3 is 14.2 Å². The molecule has 338 valence electrons.